The van der Waals surface area contributed by atoms with Crippen molar-refractivity contribution in [2.75, 3.05) is 18.4 Å². The van der Waals surface area contributed by atoms with Crippen LogP contribution in [-0.2, 0) is 27.7 Å². The average molecular weight is 448 g/mol. The molecular weight excluding hydrogens is 425 g/mol. The van der Waals surface area contributed by atoms with Gasteiger partial charge in [0, 0.05) is 23.9 Å². The number of anilines is 1. The number of rotatable bonds is 4. The number of carbonyl (C=O) groups excluding carboxylic acids is 1. The predicted molar refractivity (Wildman–Crippen MR) is 112 cm³/mol. The zero-order chi connectivity index (χ0) is 21.3. The molecule has 1 saturated heterocycles. The van der Waals surface area contributed by atoms with E-state index in [1.807, 2.05) is 0 Å². The van der Waals surface area contributed by atoms with Gasteiger partial charge in [0.15, 0.2) is 0 Å². The maximum Gasteiger partial charge on any atom is 0.243 e. The summed E-state index contributed by atoms with van der Waals surface area (Å²) in [6, 6.07) is 7.00. The topological polar surface area (TPSA) is 90.3 Å². The highest BCUT2D eigenvalue weighted by molar-refractivity contribution is 7.89. The Hall–Kier alpha value is -2.28. The van der Waals surface area contributed by atoms with Gasteiger partial charge in [-0.15, -0.1) is 11.3 Å². The molecule has 0 saturated carbocycles. The van der Waals surface area contributed by atoms with Gasteiger partial charge in [-0.05, 0) is 68.4 Å². The molecule has 158 valence electrons. The molecule has 1 amide bonds. The van der Waals surface area contributed by atoms with Crippen molar-refractivity contribution in [1.82, 2.24) is 4.31 Å². The van der Waals surface area contributed by atoms with Crippen LogP contribution in [0.15, 0.2) is 29.2 Å². The molecule has 1 aliphatic carbocycles. The summed E-state index contributed by atoms with van der Waals surface area (Å²) in [4.78, 5) is 14.0. The minimum Gasteiger partial charge on any atom is -0.316 e. The SMILES string of the molecule is N#Cc1c(NC(=O)C2CCN(S(=O)(=O)c3ccc(F)cc3)CC2)sc2c1CCCC2. The number of thiophene rings is 1. The van der Waals surface area contributed by atoms with Crippen molar-refractivity contribution in [3.05, 3.63) is 46.1 Å². The third-order valence-corrected chi connectivity index (χ3v) is 8.92. The molecule has 1 aliphatic heterocycles. The standard InChI is InChI=1S/C21H22FN3O3S2/c22-15-5-7-16(8-6-15)30(27,28)25-11-9-14(10-12-25)20(26)24-21-18(13-23)17-3-1-2-4-19(17)29-21/h5-8,14H,1-4,9-12H2,(H,24,26). The van der Waals surface area contributed by atoms with Crippen LogP contribution in [0.25, 0.3) is 0 Å². The lowest BCUT2D eigenvalue weighted by atomic mass is 9.95. The lowest BCUT2D eigenvalue weighted by Gasteiger charge is -2.30. The molecule has 9 heteroatoms. The van der Waals surface area contributed by atoms with Crippen LogP contribution in [0.4, 0.5) is 9.39 Å². The Morgan fingerprint density at radius 2 is 1.83 bits per heavy atom. The van der Waals surface area contributed by atoms with Gasteiger partial charge in [-0.1, -0.05) is 0 Å². The van der Waals surface area contributed by atoms with Gasteiger partial charge in [0.25, 0.3) is 0 Å². The van der Waals surface area contributed by atoms with Crippen LogP contribution in [0.5, 0.6) is 0 Å². The molecule has 4 rings (SSSR count). The van der Waals surface area contributed by atoms with Crippen LogP contribution in [0.3, 0.4) is 0 Å². The van der Waals surface area contributed by atoms with Crippen LogP contribution in [-0.4, -0.2) is 31.7 Å². The number of aryl methyl sites for hydroxylation is 1. The van der Waals surface area contributed by atoms with Gasteiger partial charge in [-0.25, -0.2) is 12.8 Å². The number of nitrogens with one attached hydrogen (secondary N) is 1. The maximum atomic E-state index is 13.1. The van der Waals surface area contributed by atoms with E-state index in [0.717, 1.165) is 43.4 Å². The average Bonchev–Trinajstić information content (AvgIpc) is 3.11. The highest BCUT2D eigenvalue weighted by Gasteiger charge is 2.33. The second kappa shape index (κ2) is 8.46. The number of fused-ring (bicyclic) bond motifs is 1. The number of amides is 1. The van der Waals surface area contributed by atoms with E-state index in [9.17, 15) is 22.9 Å². The first-order chi connectivity index (χ1) is 14.4. The molecule has 0 bridgehead atoms. The number of carbonyl (C=O) groups is 1. The fourth-order valence-electron chi connectivity index (χ4n) is 4.10. The maximum absolute atomic E-state index is 13.1. The van der Waals surface area contributed by atoms with E-state index in [0.29, 0.717) is 23.4 Å². The number of halogens is 1. The first-order valence-corrected chi connectivity index (χ1v) is 12.3. The highest BCUT2D eigenvalue weighted by Crippen LogP contribution is 2.38. The molecule has 1 N–H and O–H groups in total. The molecule has 2 heterocycles. The molecule has 1 aromatic carbocycles. The Morgan fingerprint density at radius 3 is 2.50 bits per heavy atom. The van der Waals surface area contributed by atoms with Gasteiger partial charge in [-0.3, -0.25) is 4.79 Å². The second-order valence-electron chi connectivity index (χ2n) is 7.65. The summed E-state index contributed by atoms with van der Waals surface area (Å²) < 4.78 is 39.9. The second-order valence-corrected chi connectivity index (χ2v) is 10.7. The van der Waals surface area contributed by atoms with Crippen LogP contribution in [0, 0.1) is 23.1 Å². The highest BCUT2D eigenvalue weighted by atomic mass is 32.2. The van der Waals surface area contributed by atoms with Gasteiger partial charge in [0.1, 0.15) is 16.9 Å². The summed E-state index contributed by atoms with van der Waals surface area (Å²) in [6.07, 6.45) is 4.80. The number of benzene rings is 1. The van der Waals surface area contributed by atoms with E-state index in [1.54, 1.807) is 0 Å². The molecule has 0 atom stereocenters. The fraction of sp³-hybridized carbons (Fsp3) is 0.429. The van der Waals surface area contributed by atoms with Crippen molar-refractivity contribution >= 4 is 32.3 Å². The van der Waals surface area contributed by atoms with E-state index in [1.165, 1.54) is 32.7 Å². The van der Waals surface area contributed by atoms with Gasteiger partial charge in [0.2, 0.25) is 15.9 Å². The number of hydrogen-bond acceptors (Lipinski definition) is 5. The zero-order valence-corrected chi connectivity index (χ0v) is 18.0. The molecule has 6 nitrogen and oxygen atoms in total. The summed E-state index contributed by atoms with van der Waals surface area (Å²) in [5, 5.41) is 13.1. The Kier molecular flexibility index (Phi) is 5.91. The molecule has 0 unspecified atom stereocenters. The number of nitriles is 1. The minimum atomic E-state index is -3.71. The fourth-order valence-corrected chi connectivity index (χ4v) is 6.81. The molecule has 2 aliphatic rings. The third-order valence-electron chi connectivity index (χ3n) is 5.80. The van der Waals surface area contributed by atoms with E-state index in [2.05, 4.69) is 11.4 Å². The summed E-state index contributed by atoms with van der Waals surface area (Å²) in [7, 11) is -3.71. The van der Waals surface area contributed by atoms with E-state index in [4.69, 9.17) is 0 Å². The zero-order valence-electron chi connectivity index (χ0n) is 16.4. The van der Waals surface area contributed by atoms with Crippen LogP contribution in [0.2, 0.25) is 0 Å². The van der Waals surface area contributed by atoms with Gasteiger partial charge in [-0.2, -0.15) is 9.57 Å². The largest absolute Gasteiger partial charge is 0.316 e. The van der Waals surface area contributed by atoms with Crippen LogP contribution < -0.4 is 5.32 Å². The lowest BCUT2D eigenvalue weighted by Crippen LogP contribution is -2.41. The monoisotopic (exact) mass is 447 g/mol. The van der Waals surface area contributed by atoms with E-state index < -0.39 is 15.8 Å². The predicted octanol–water partition coefficient (Wildman–Crippen LogP) is 3.68. The quantitative estimate of drug-likeness (QED) is 0.774. The summed E-state index contributed by atoms with van der Waals surface area (Å²) >= 11 is 1.49. The Bertz CT molecular complexity index is 1100. The summed E-state index contributed by atoms with van der Waals surface area (Å²) in [5.41, 5.74) is 1.66. The van der Waals surface area contributed by atoms with Crippen molar-refractivity contribution < 1.29 is 17.6 Å². The van der Waals surface area contributed by atoms with E-state index in [-0.39, 0.29) is 29.8 Å². The molecule has 0 spiro atoms. The van der Waals surface area contributed by atoms with Crippen LogP contribution in [0.1, 0.15) is 41.7 Å². The Morgan fingerprint density at radius 1 is 1.17 bits per heavy atom. The van der Waals surface area contributed by atoms with E-state index >= 15 is 0 Å². The van der Waals surface area contributed by atoms with Gasteiger partial charge < -0.3 is 5.32 Å². The summed E-state index contributed by atoms with van der Waals surface area (Å²) in [5.74, 6) is -0.962. The van der Waals surface area contributed by atoms with Crippen molar-refractivity contribution in [3.8, 4) is 6.07 Å². The first-order valence-electron chi connectivity index (χ1n) is 10.0. The summed E-state index contributed by atoms with van der Waals surface area (Å²) in [6.45, 7) is 0.452. The minimum absolute atomic E-state index is 0.0506. The molecule has 1 aromatic heterocycles. The molecule has 2 aromatic rings. The number of sulfonamides is 1. The molecule has 1 fully saturated rings. The lowest BCUT2D eigenvalue weighted by molar-refractivity contribution is -0.120. The number of piperidine rings is 1. The van der Waals surface area contributed by atoms with Gasteiger partial charge in [0.05, 0.1) is 10.5 Å². The Balaban J connectivity index is 1.41. The smallest absolute Gasteiger partial charge is 0.243 e. The molecular formula is C21H22FN3O3S2. The van der Waals surface area contributed by atoms with Crippen LogP contribution >= 0.6 is 11.3 Å². The number of nitrogens with zero attached hydrogens (tertiary/aromatic N) is 2. The first kappa shape index (κ1) is 21.0. The third kappa shape index (κ3) is 4.00. The normalized spacial score (nSPS) is 17.9. The van der Waals surface area contributed by atoms with Gasteiger partial charge >= 0.3 is 0 Å². The Labute approximate surface area is 179 Å². The molecule has 30 heavy (non-hydrogen) atoms. The molecule has 0 radical (unpaired) electrons. The van der Waals surface area contributed by atoms with Crippen molar-refractivity contribution in [2.45, 2.75) is 43.4 Å². The van der Waals surface area contributed by atoms with Crippen molar-refractivity contribution in [1.29, 1.82) is 5.26 Å². The van der Waals surface area contributed by atoms with Crippen molar-refractivity contribution in [2.24, 2.45) is 5.92 Å². The van der Waals surface area contributed by atoms with Crippen molar-refractivity contribution in [3.63, 3.8) is 0 Å². The number of hydrogen-bond donors (Lipinski definition) is 1.